The number of hydrogen-bond donors (Lipinski definition) is 2. The van der Waals surface area contributed by atoms with Crippen molar-refractivity contribution in [3.63, 3.8) is 0 Å². The molecule has 230 valence electrons. The highest BCUT2D eigenvalue weighted by Crippen LogP contribution is 2.34. The van der Waals surface area contributed by atoms with E-state index in [1.807, 2.05) is 13.8 Å². The van der Waals surface area contributed by atoms with Crippen LogP contribution >= 0.6 is 11.3 Å². The number of aromatic carboxylic acids is 1. The first-order chi connectivity index (χ1) is 21.5. The number of rotatable bonds is 11. The number of hydrogen-bond acceptors (Lipinski definition) is 11. The van der Waals surface area contributed by atoms with Crippen LogP contribution in [0.3, 0.4) is 0 Å². The monoisotopic (exact) mass is 646 g/mol. The molecule has 14 heteroatoms. The van der Waals surface area contributed by atoms with Gasteiger partial charge in [-0.05, 0) is 81.3 Å². The van der Waals surface area contributed by atoms with Gasteiger partial charge < -0.3 is 19.3 Å². The van der Waals surface area contributed by atoms with E-state index in [4.69, 9.17) is 19.3 Å². The number of amides is 1. The van der Waals surface area contributed by atoms with Gasteiger partial charge >= 0.3 is 5.97 Å². The fourth-order valence-electron chi connectivity index (χ4n) is 4.25. The van der Waals surface area contributed by atoms with Crippen molar-refractivity contribution >= 4 is 48.5 Å². The summed E-state index contributed by atoms with van der Waals surface area (Å²) in [5.74, 6) is 0.188. The summed E-state index contributed by atoms with van der Waals surface area (Å²) in [7, 11) is -3.43. The van der Waals surface area contributed by atoms with Gasteiger partial charge in [0.1, 0.15) is 33.3 Å². The fraction of sp³-hybridized carbons (Fsp3) is 0.194. The molecule has 2 aromatic carbocycles. The van der Waals surface area contributed by atoms with Crippen molar-refractivity contribution in [3.05, 3.63) is 84.1 Å². The summed E-state index contributed by atoms with van der Waals surface area (Å²) in [5.41, 5.74) is 0.926. The topological polar surface area (TPSA) is 167 Å². The highest BCUT2D eigenvalue weighted by Gasteiger charge is 2.37. The van der Waals surface area contributed by atoms with Crippen LogP contribution in [0.15, 0.2) is 78.0 Å². The maximum Gasteiger partial charge on any atom is 0.335 e. The van der Waals surface area contributed by atoms with E-state index < -0.39 is 21.7 Å². The predicted octanol–water partition coefficient (Wildman–Crippen LogP) is 6.34. The van der Waals surface area contributed by atoms with Crippen LogP contribution in [0.5, 0.6) is 28.9 Å². The molecular formula is C31H26N4O8S2. The largest absolute Gasteiger partial charge is 0.491 e. The summed E-state index contributed by atoms with van der Waals surface area (Å²) in [6.45, 7) is 3.71. The average molecular weight is 647 g/mol. The van der Waals surface area contributed by atoms with Crippen LogP contribution in [0.1, 0.15) is 47.4 Å². The normalized spacial score (nSPS) is 13.0. The van der Waals surface area contributed by atoms with Gasteiger partial charge in [0.25, 0.3) is 5.91 Å². The van der Waals surface area contributed by atoms with Crippen LogP contribution in [0.4, 0.5) is 5.13 Å². The number of pyridine rings is 2. The highest BCUT2D eigenvalue weighted by atomic mass is 32.2. The standard InChI is InChI=1S/C31H26N4O8S2/c1-17(2)41-22-13-19(14-23(15-22)42-21-7-12-27(32-16-21)45(39,40)24-8-9-24)28(36)35-31-33-25-10-11-26(34-29(25)44-31)43-20-5-3-18(4-6-20)30(37)38/h3-7,10-17,24H,8-9H2,1-2H3,(H,37,38)(H,33,35,36). The molecule has 0 unspecified atom stereocenters. The molecule has 1 aliphatic carbocycles. The van der Waals surface area contributed by atoms with Crippen LogP contribution in [0, 0.1) is 0 Å². The first-order valence-electron chi connectivity index (χ1n) is 13.8. The summed E-state index contributed by atoms with van der Waals surface area (Å²) in [6.07, 6.45) is 2.45. The van der Waals surface area contributed by atoms with Crippen LogP contribution < -0.4 is 19.5 Å². The Bertz CT molecular complexity index is 2010. The third-order valence-electron chi connectivity index (χ3n) is 6.49. The van der Waals surface area contributed by atoms with E-state index in [-0.39, 0.29) is 33.4 Å². The van der Waals surface area contributed by atoms with Crippen molar-refractivity contribution < 1.29 is 37.3 Å². The number of thiazole rings is 1. The third kappa shape index (κ3) is 7.02. The zero-order valence-electron chi connectivity index (χ0n) is 24.0. The zero-order chi connectivity index (χ0) is 31.7. The van der Waals surface area contributed by atoms with Gasteiger partial charge in [-0.15, -0.1) is 0 Å². The number of benzene rings is 2. The first kappa shape index (κ1) is 30.0. The lowest BCUT2D eigenvalue weighted by molar-refractivity contribution is 0.0696. The maximum atomic E-state index is 13.3. The van der Waals surface area contributed by atoms with Crippen molar-refractivity contribution in [3.8, 4) is 28.9 Å². The third-order valence-corrected chi connectivity index (χ3v) is 9.54. The molecule has 3 aromatic heterocycles. The summed E-state index contributed by atoms with van der Waals surface area (Å²) in [5, 5.41) is 11.8. The predicted molar refractivity (Wildman–Crippen MR) is 166 cm³/mol. The second-order valence-corrected chi connectivity index (χ2v) is 13.6. The van der Waals surface area contributed by atoms with Crippen LogP contribution in [0.25, 0.3) is 10.3 Å². The Labute approximate surface area is 261 Å². The molecule has 1 saturated carbocycles. The molecular weight excluding hydrogens is 620 g/mol. The van der Waals surface area contributed by atoms with Crippen molar-refractivity contribution in [1.29, 1.82) is 0 Å². The van der Waals surface area contributed by atoms with Crippen molar-refractivity contribution in [2.24, 2.45) is 0 Å². The van der Waals surface area contributed by atoms with Crippen LogP contribution in [-0.2, 0) is 9.84 Å². The summed E-state index contributed by atoms with van der Waals surface area (Å²) in [6, 6.07) is 16.9. The lowest BCUT2D eigenvalue weighted by Crippen LogP contribution is -2.13. The molecule has 6 rings (SSSR count). The number of carbonyl (C=O) groups is 2. The minimum atomic E-state index is -3.43. The second-order valence-electron chi connectivity index (χ2n) is 10.4. The smallest absolute Gasteiger partial charge is 0.335 e. The van der Waals surface area contributed by atoms with Gasteiger partial charge in [-0.3, -0.25) is 10.1 Å². The summed E-state index contributed by atoms with van der Waals surface area (Å²) in [4.78, 5) is 37.9. The van der Waals surface area contributed by atoms with Gasteiger partial charge in [-0.2, -0.15) is 0 Å². The van der Waals surface area contributed by atoms with E-state index in [2.05, 4.69) is 20.3 Å². The molecule has 0 saturated heterocycles. The number of carboxylic acids is 1. The molecule has 0 spiro atoms. The number of carboxylic acid groups (broad SMARTS) is 1. The molecule has 12 nitrogen and oxygen atoms in total. The molecule has 0 atom stereocenters. The number of carbonyl (C=O) groups excluding carboxylic acids is 1. The Balaban J connectivity index is 1.18. The van der Waals surface area contributed by atoms with E-state index in [0.717, 1.165) is 11.3 Å². The number of aromatic nitrogens is 3. The average Bonchev–Trinajstić information content (AvgIpc) is 3.79. The number of sulfone groups is 1. The lowest BCUT2D eigenvalue weighted by atomic mass is 10.2. The number of ether oxygens (including phenoxy) is 3. The molecule has 1 aliphatic rings. The number of nitrogens with one attached hydrogen (secondary N) is 1. The molecule has 5 aromatic rings. The van der Waals surface area contributed by atoms with Gasteiger partial charge in [-0.25, -0.2) is 28.2 Å². The van der Waals surface area contributed by atoms with Crippen molar-refractivity contribution in [2.45, 2.75) is 43.1 Å². The lowest BCUT2D eigenvalue weighted by Gasteiger charge is -2.14. The molecule has 0 bridgehead atoms. The Morgan fingerprint density at radius 1 is 0.889 bits per heavy atom. The number of fused-ring (bicyclic) bond motifs is 1. The fourth-order valence-corrected chi connectivity index (χ4v) is 6.63. The maximum absolute atomic E-state index is 13.3. The summed E-state index contributed by atoms with van der Waals surface area (Å²) < 4.78 is 42.4. The van der Waals surface area contributed by atoms with E-state index in [9.17, 15) is 18.0 Å². The van der Waals surface area contributed by atoms with Gasteiger partial charge in [0.2, 0.25) is 5.88 Å². The van der Waals surface area contributed by atoms with Crippen LogP contribution in [0.2, 0.25) is 0 Å². The Morgan fingerprint density at radius 3 is 2.29 bits per heavy atom. The molecule has 0 radical (unpaired) electrons. The molecule has 0 aliphatic heterocycles. The highest BCUT2D eigenvalue weighted by molar-refractivity contribution is 7.92. The van der Waals surface area contributed by atoms with Gasteiger partial charge in [0, 0.05) is 17.7 Å². The SMILES string of the molecule is CC(C)Oc1cc(Oc2ccc(S(=O)(=O)C3CC3)nc2)cc(C(=O)Nc2nc3ccc(Oc4ccc(C(=O)O)cc4)nc3s2)c1. The van der Waals surface area contributed by atoms with Crippen LogP contribution in [-0.4, -0.2) is 51.7 Å². The van der Waals surface area contributed by atoms with Crippen molar-refractivity contribution in [1.82, 2.24) is 15.0 Å². The summed E-state index contributed by atoms with van der Waals surface area (Å²) >= 11 is 1.15. The minimum absolute atomic E-state index is 0.00714. The molecule has 3 heterocycles. The molecule has 1 fully saturated rings. The van der Waals surface area contributed by atoms with Gasteiger partial charge in [0.15, 0.2) is 20.0 Å². The van der Waals surface area contributed by atoms with Gasteiger partial charge in [0.05, 0.1) is 23.1 Å². The first-order valence-corrected chi connectivity index (χ1v) is 16.2. The molecule has 1 amide bonds. The number of nitrogens with zero attached hydrogens (tertiary/aromatic N) is 3. The zero-order valence-corrected chi connectivity index (χ0v) is 25.6. The Kier molecular flexibility index (Phi) is 8.08. The number of anilines is 1. The van der Waals surface area contributed by atoms with Crippen molar-refractivity contribution in [2.75, 3.05) is 5.32 Å². The second kappa shape index (κ2) is 12.1. The van der Waals surface area contributed by atoms with E-state index >= 15 is 0 Å². The van der Waals surface area contributed by atoms with E-state index in [1.165, 1.54) is 48.7 Å². The Morgan fingerprint density at radius 2 is 1.62 bits per heavy atom. The molecule has 45 heavy (non-hydrogen) atoms. The molecule has 2 N–H and O–H groups in total. The Hall–Kier alpha value is -5.08. The minimum Gasteiger partial charge on any atom is -0.491 e. The quantitative estimate of drug-likeness (QED) is 0.164. The van der Waals surface area contributed by atoms with Gasteiger partial charge in [-0.1, -0.05) is 11.3 Å². The van der Waals surface area contributed by atoms with E-state index in [1.54, 1.807) is 24.3 Å². The van der Waals surface area contributed by atoms with E-state index in [0.29, 0.717) is 51.3 Å².